The van der Waals surface area contributed by atoms with Gasteiger partial charge in [0.15, 0.2) is 0 Å². The molecule has 1 aromatic carbocycles. The van der Waals surface area contributed by atoms with E-state index in [-0.39, 0.29) is 0 Å². The van der Waals surface area contributed by atoms with Crippen molar-refractivity contribution in [2.45, 2.75) is 45.1 Å². The summed E-state index contributed by atoms with van der Waals surface area (Å²) in [5.74, 6) is 1.43. The number of rotatable bonds is 7. The first-order chi connectivity index (χ1) is 8.61. The van der Waals surface area contributed by atoms with E-state index in [0.29, 0.717) is 5.75 Å². The number of benzene rings is 1. The third-order valence-electron chi connectivity index (χ3n) is 3.24. The molecule has 1 rings (SSSR count). The zero-order chi connectivity index (χ0) is 13.6. The Morgan fingerprint density at radius 2 is 1.67 bits per heavy atom. The summed E-state index contributed by atoms with van der Waals surface area (Å²) < 4.78 is 10.6. The molecule has 0 saturated heterocycles. The number of aliphatic hydroxyl groups is 1. The molecule has 0 aliphatic carbocycles. The van der Waals surface area contributed by atoms with Crippen molar-refractivity contribution >= 4 is 0 Å². The largest absolute Gasteiger partial charge is 0.497 e. The molecule has 0 saturated carbocycles. The lowest BCUT2D eigenvalue weighted by molar-refractivity contribution is 0.0147. The van der Waals surface area contributed by atoms with Crippen molar-refractivity contribution in [3.8, 4) is 11.5 Å². The van der Waals surface area contributed by atoms with Crippen LogP contribution in [0, 0.1) is 0 Å². The number of ether oxygens (including phenoxy) is 2. The number of methoxy groups -OCH3 is 2. The highest BCUT2D eigenvalue weighted by molar-refractivity contribution is 5.44. The van der Waals surface area contributed by atoms with Gasteiger partial charge in [-0.25, -0.2) is 0 Å². The molecular weight excluding hydrogens is 228 g/mol. The molecule has 0 heterocycles. The molecule has 3 heteroatoms. The first-order valence-electron chi connectivity index (χ1n) is 6.56. The van der Waals surface area contributed by atoms with Gasteiger partial charge in [-0.15, -0.1) is 0 Å². The van der Waals surface area contributed by atoms with Gasteiger partial charge in [0.25, 0.3) is 0 Å². The normalized spacial score (nSPS) is 11.4. The van der Waals surface area contributed by atoms with Crippen molar-refractivity contribution in [3.05, 3.63) is 23.8 Å². The van der Waals surface area contributed by atoms with Crippen molar-refractivity contribution < 1.29 is 14.6 Å². The van der Waals surface area contributed by atoms with Gasteiger partial charge < -0.3 is 14.6 Å². The fraction of sp³-hybridized carbons (Fsp3) is 0.600. The standard InChI is InChI=1S/C15H24O3/c1-5-9-15(16,10-6-2)13-8-7-12(17-3)11-14(13)18-4/h7-8,11,16H,5-6,9-10H2,1-4H3. The van der Waals surface area contributed by atoms with E-state index >= 15 is 0 Å². The molecule has 0 bridgehead atoms. The molecule has 0 fully saturated rings. The summed E-state index contributed by atoms with van der Waals surface area (Å²) in [5.41, 5.74) is 0.0516. The summed E-state index contributed by atoms with van der Waals surface area (Å²) in [5, 5.41) is 10.8. The minimum Gasteiger partial charge on any atom is -0.497 e. The second-order valence-electron chi connectivity index (χ2n) is 4.60. The quantitative estimate of drug-likeness (QED) is 0.807. The fourth-order valence-electron chi connectivity index (χ4n) is 2.40. The first kappa shape index (κ1) is 14.8. The molecule has 0 radical (unpaired) electrons. The highest BCUT2D eigenvalue weighted by atomic mass is 16.5. The Bertz CT molecular complexity index is 368. The van der Waals surface area contributed by atoms with E-state index in [1.165, 1.54) is 0 Å². The van der Waals surface area contributed by atoms with Crippen molar-refractivity contribution in [1.29, 1.82) is 0 Å². The van der Waals surface area contributed by atoms with Crippen LogP contribution >= 0.6 is 0 Å². The van der Waals surface area contributed by atoms with E-state index in [9.17, 15) is 5.11 Å². The summed E-state index contributed by atoms with van der Waals surface area (Å²) in [6.07, 6.45) is 3.35. The summed E-state index contributed by atoms with van der Waals surface area (Å²) >= 11 is 0. The maximum absolute atomic E-state index is 10.8. The van der Waals surface area contributed by atoms with Crippen LogP contribution in [0.5, 0.6) is 11.5 Å². The smallest absolute Gasteiger partial charge is 0.128 e. The van der Waals surface area contributed by atoms with Crippen LogP contribution in [0.1, 0.15) is 45.1 Å². The second kappa shape index (κ2) is 6.64. The Morgan fingerprint density at radius 1 is 1.06 bits per heavy atom. The van der Waals surface area contributed by atoms with Gasteiger partial charge in [0.05, 0.1) is 19.8 Å². The minimum atomic E-state index is -0.804. The third kappa shape index (κ3) is 3.16. The monoisotopic (exact) mass is 252 g/mol. The average Bonchev–Trinajstić information content (AvgIpc) is 2.38. The molecule has 1 N–H and O–H groups in total. The SMILES string of the molecule is CCCC(O)(CCC)c1ccc(OC)cc1OC. The maximum Gasteiger partial charge on any atom is 0.128 e. The molecular formula is C15H24O3. The minimum absolute atomic E-state index is 0.693. The molecule has 3 nitrogen and oxygen atoms in total. The average molecular weight is 252 g/mol. The Kier molecular flexibility index (Phi) is 5.48. The molecule has 1 aromatic rings. The second-order valence-corrected chi connectivity index (χ2v) is 4.60. The Labute approximate surface area is 110 Å². The number of hydrogen-bond acceptors (Lipinski definition) is 3. The van der Waals surface area contributed by atoms with Crippen LogP contribution in [0.4, 0.5) is 0 Å². The highest BCUT2D eigenvalue weighted by Gasteiger charge is 2.30. The Balaban J connectivity index is 3.18. The summed E-state index contributed by atoms with van der Waals surface area (Å²) in [4.78, 5) is 0. The molecule has 0 aromatic heterocycles. The van der Waals surface area contributed by atoms with Gasteiger partial charge in [0.2, 0.25) is 0 Å². The lowest BCUT2D eigenvalue weighted by Gasteiger charge is -2.29. The van der Waals surface area contributed by atoms with Crippen LogP contribution in [0.2, 0.25) is 0 Å². The van der Waals surface area contributed by atoms with Gasteiger partial charge in [0.1, 0.15) is 11.5 Å². The van der Waals surface area contributed by atoms with Gasteiger partial charge >= 0.3 is 0 Å². The van der Waals surface area contributed by atoms with Gasteiger partial charge in [-0.1, -0.05) is 26.7 Å². The number of hydrogen-bond donors (Lipinski definition) is 1. The van der Waals surface area contributed by atoms with Crippen LogP contribution in [0.25, 0.3) is 0 Å². The molecule has 0 aliphatic rings. The van der Waals surface area contributed by atoms with Crippen molar-refractivity contribution in [2.24, 2.45) is 0 Å². The van der Waals surface area contributed by atoms with Gasteiger partial charge in [-0.3, -0.25) is 0 Å². The summed E-state index contributed by atoms with van der Waals surface area (Å²) in [7, 11) is 3.25. The van der Waals surface area contributed by atoms with Crippen LogP contribution < -0.4 is 9.47 Å². The maximum atomic E-state index is 10.8. The molecule has 0 unspecified atom stereocenters. The lowest BCUT2D eigenvalue weighted by Crippen LogP contribution is -2.26. The van der Waals surface area contributed by atoms with E-state index in [0.717, 1.165) is 37.0 Å². The van der Waals surface area contributed by atoms with Crippen LogP contribution in [0.15, 0.2) is 18.2 Å². The van der Waals surface area contributed by atoms with Gasteiger partial charge in [-0.2, -0.15) is 0 Å². The van der Waals surface area contributed by atoms with E-state index < -0.39 is 5.60 Å². The van der Waals surface area contributed by atoms with Gasteiger partial charge in [0, 0.05) is 11.6 Å². The highest BCUT2D eigenvalue weighted by Crippen LogP contribution is 2.38. The molecule has 102 valence electrons. The summed E-state index contributed by atoms with van der Waals surface area (Å²) in [6, 6.07) is 5.60. The lowest BCUT2D eigenvalue weighted by atomic mass is 9.84. The Hall–Kier alpha value is -1.22. The van der Waals surface area contributed by atoms with Crippen LogP contribution in [0.3, 0.4) is 0 Å². The molecule has 0 spiro atoms. The third-order valence-corrected chi connectivity index (χ3v) is 3.24. The van der Waals surface area contributed by atoms with Crippen molar-refractivity contribution in [3.63, 3.8) is 0 Å². The molecule has 0 amide bonds. The topological polar surface area (TPSA) is 38.7 Å². The van der Waals surface area contributed by atoms with Crippen LogP contribution in [-0.2, 0) is 5.60 Å². The van der Waals surface area contributed by atoms with E-state index in [1.807, 2.05) is 18.2 Å². The van der Waals surface area contributed by atoms with Crippen molar-refractivity contribution in [2.75, 3.05) is 14.2 Å². The zero-order valence-corrected chi connectivity index (χ0v) is 11.8. The van der Waals surface area contributed by atoms with Gasteiger partial charge in [-0.05, 0) is 25.0 Å². The molecule has 0 aliphatic heterocycles. The fourth-order valence-corrected chi connectivity index (χ4v) is 2.40. The molecule has 0 atom stereocenters. The first-order valence-corrected chi connectivity index (χ1v) is 6.56. The van der Waals surface area contributed by atoms with E-state index in [4.69, 9.17) is 9.47 Å². The van der Waals surface area contributed by atoms with Crippen LogP contribution in [-0.4, -0.2) is 19.3 Å². The summed E-state index contributed by atoms with van der Waals surface area (Å²) in [6.45, 7) is 4.16. The predicted molar refractivity (Wildman–Crippen MR) is 73.3 cm³/mol. The van der Waals surface area contributed by atoms with Crippen molar-refractivity contribution in [1.82, 2.24) is 0 Å². The Morgan fingerprint density at radius 3 is 2.11 bits per heavy atom. The van der Waals surface area contributed by atoms with E-state index in [2.05, 4.69) is 13.8 Å². The predicted octanol–water partition coefficient (Wildman–Crippen LogP) is 3.49. The van der Waals surface area contributed by atoms with E-state index in [1.54, 1.807) is 14.2 Å². The zero-order valence-electron chi connectivity index (χ0n) is 11.8. The molecule has 18 heavy (non-hydrogen) atoms.